The Labute approximate surface area is 101 Å². The summed E-state index contributed by atoms with van der Waals surface area (Å²) < 4.78 is -0.0244. The van der Waals surface area contributed by atoms with Gasteiger partial charge < -0.3 is 0 Å². The van der Waals surface area contributed by atoms with Crippen molar-refractivity contribution in [1.82, 2.24) is 0 Å². The monoisotopic (exact) mass is 234 g/mol. The van der Waals surface area contributed by atoms with Crippen molar-refractivity contribution in [3.05, 3.63) is 0 Å². The molecule has 0 aromatic carbocycles. The first-order valence-corrected chi connectivity index (χ1v) is 6.96. The van der Waals surface area contributed by atoms with Gasteiger partial charge in [-0.25, -0.2) is 0 Å². The summed E-state index contributed by atoms with van der Waals surface area (Å²) in [6.45, 7) is 4.42. The van der Waals surface area contributed by atoms with Crippen LogP contribution in [0, 0.1) is 0 Å². The van der Waals surface area contributed by atoms with Gasteiger partial charge in [0.25, 0.3) is 0 Å². The molecular weight excluding hydrogens is 208 g/mol. The first kappa shape index (κ1) is 14.7. The maximum absolute atomic E-state index is 4.51. The fourth-order valence-corrected chi connectivity index (χ4v) is 1.86. The Morgan fingerprint density at radius 2 is 1.29 bits per heavy atom. The second-order valence-electron chi connectivity index (χ2n) is 4.21. The van der Waals surface area contributed by atoms with Crippen LogP contribution >= 0.6 is 25.3 Å². The Balaban J connectivity index is 3.13. The minimum atomic E-state index is -0.0244. The van der Waals surface area contributed by atoms with Crippen molar-refractivity contribution in [3.8, 4) is 0 Å². The second kappa shape index (κ2) is 8.96. The van der Waals surface area contributed by atoms with E-state index >= 15 is 0 Å². The van der Waals surface area contributed by atoms with Crippen molar-refractivity contribution < 1.29 is 0 Å². The predicted molar refractivity (Wildman–Crippen MR) is 73.6 cm³/mol. The third kappa shape index (κ3) is 9.26. The van der Waals surface area contributed by atoms with Crippen molar-refractivity contribution in [2.75, 3.05) is 0 Å². The lowest BCUT2D eigenvalue weighted by molar-refractivity contribution is 0.558. The zero-order valence-corrected chi connectivity index (χ0v) is 11.5. The topological polar surface area (TPSA) is 0 Å². The highest BCUT2D eigenvalue weighted by molar-refractivity contribution is 8.00. The van der Waals surface area contributed by atoms with E-state index in [4.69, 9.17) is 0 Å². The Kier molecular flexibility index (Phi) is 9.41. The second-order valence-corrected chi connectivity index (χ2v) is 6.27. The predicted octanol–water partition coefficient (Wildman–Crippen LogP) is 5.09. The lowest BCUT2D eigenvalue weighted by atomic mass is 10.1. The number of thiol groups is 2. The summed E-state index contributed by atoms with van der Waals surface area (Å²) in [5.41, 5.74) is 0. The smallest absolute Gasteiger partial charge is 0.0549 e. The van der Waals surface area contributed by atoms with Gasteiger partial charge in [-0.2, -0.15) is 25.3 Å². The quantitative estimate of drug-likeness (QED) is 0.310. The number of rotatable bonds is 9. The van der Waals surface area contributed by atoms with Gasteiger partial charge in [-0.1, -0.05) is 58.8 Å². The van der Waals surface area contributed by atoms with Gasteiger partial charge in [0.15, 0.2) is 0 Å². The van der Waals surface area contributed by atoms with Crippen LogP contribution in [-0.4, -0.2) is 4.08 Å². The van der Waals surface area contributed by atoms with Crippen molar-refractivity contribution in [3.63, 3.8) is 0 Å². The molecule has 2 heteroatoms. The summed E-state index contributed by atoms with van der Waals surface area (Å²) in [4.78, 5) is 0. The van der Waals surface area contributed by atoms with E-state index in [1.807, 2.05) is 0 Å². The molecule has 0 fully saturated rings. The molecule has 0 N–H and O–H groups in total. The molecule has 0 aliphatic heterocycles. The Morgan fingerprint density at radius 3 is 1.79 bits per heavy atom. The third-order valence-corrected chi connectivity index (χ3v) is 3.83. The van der Waals surface area contributed by atoms with E-state index < -0.39 is 0 Å². The maximum Gasteiger partial charge on any atom is 0.0549 e. The van der Waals surface area contributed by atoms with Gasteiger partial charge in [0.2, 0.25) is 0 Å². The molecule has 0 bridgehead atoms. The fourth-order valence-electron chi connectivity index (χ4n) is 1.54. The van der Waals surface area contributed by atoms with Gasteiger partial charge in [0.05, 0.1) is 4.08 Å². The molecule has 0 aromatic heterocycles. The zero-order valence-electron chi connectivity index (χ0n) is 9.76. The summed E-state index contributed by atoms with van der Waals surface area (Å²) in [7, 11) is 0. The van der Waals surface area contributed by atoms with Crippen molar-refractivity contribution in [2.45, 2.75) is 75.7 Å². The zero-order chi connectivity index (χ0) is 10.9. The molecule has 0 atom stereocenters. The van der Waals surface area contributed by atoms with Crippen LogP contribution in [0.25, 0.3) is 0 Å². The Hall–Kier alpha value is 0.700. The van der Waals surface area contributed by atoms with Gasteiger partial charge >= 0.3 is 0 Å². The highest BCUT2D eigenvalue weighted by atomic mass is 32.2. The molecule has 0 radical (unpaired) electrons. The summed E-state index contributed by atoms with van der Waals surface area (Å²) in [6.07, 6.45) is 11.8. The standard InChI is InChI=1S/C12H26S2/c1-3-5-6-7-8-9-10-11-12(13,14)4-2/h13-14H,3-11H2,1-2H3. The summed E-state index contributed by atoms with van der Waals surface area (Å²) in [5.74, 6) is 0. The largest absolute Gasteiger partial charge is 0.162 e. The minimum absolute atomic E-state index is 0.0244. The average molecular weight is 234 g/mol. The van der Waals surface area contributed by atoms with Crippen LogP contribution in [0.3, 0.4) is 0 Å². The van der Waals surface area contributed by atoms with E-state index in [0.717, 1.165) is 12.8 Å². The molecule has 0 amide bonds. The molecule has 0 aliphatic rings. The molecule has 0 aliphatic carbocycles. The SMILES string of the molecule is CCCCCCCCCC(S)(S)CC. The van der Waals surface area contributed by atoms with Crippen LogP contribution in [0.5, 0.6) is 0 Å². The molecule has 0 saturated heterocycles. The van der Waals surface area contributed by atoms with E-state index in [0.29, 0.717) is 0 Å². The molecular formula is C12H26S2. The lowest BCUT2D eigenvalue weighted by Gasteiger charge is -2.19. The third-order valence-electron chi connectivity index (χ3n) is 2.75. The maximum atomic E-state index is 4.51. The van der Waals surface area contributed by atoms with E-state index in [2.05, 4.69) is 39.1 Å². The van der Waals surface area contributed by atoms with Gasteiger partial charge in [0.1, 0.15) is 0 Å². The van der Waals surface area contributed by atoms with E-state index in [1.165, 1.54) is 44.9 Å². The molecule has 0 spiro atoms. The molecule has 86 valence electrons. The molecule has 0 nitrogen and oxygen atoms in total. The van der Waals surface area contributed by atoms with E-state index in [-0.39, 0.29) is 4.08 Å². The molecule has 0 heterocycles. The van der Waals surface area contributed by atoms with Crippen LogP contribution in [-0.2, 0) is 0 Å². The van der Waals surface area contributed by atoms with Crippen molar-refractivity contribution in [2.24, 2.45) is 0 Å². The van der Waals surface area contributed by atoms with Crippen molar-refractivity contribution in [1.29, 1.82) is 0 Å². The summed E-state index contributed by atoms with van der Waals surface area (Å²) in [6, 6.07) is 0. The normalized spacial score (nSPS) is 12.0. The number of hydrogen-bond donors (Lipinski definition) is 2. The van der Waals surface area contributed by atoms with Crippen LogP contribution < -0.4 is 0 Å². The van der Waals surface area contributed by atoms with Crippen LogP contribution in [0.15, 0.2) is 0 Å². The summed E-state index contributed by atoms with van der Waals surface area (Å²) in [5, 5.41) is 0. The van der Waals surface area contributed by atoms with Crippen LogP contribution in [0.1, 0.15) is 71.6 Å². The first-order valence-electron chi connectivity index (χ1n) is 6.07. The van der Waals surface area contributed by atoms with E-state index in [9.17, 15) is 0 Å². The van der Waals surface area contributed by atoms with Gasteiger partial charge in [-0.15, -0.1) is 0 Å². The van der Waals surface area contributed by atoms with Crippen LogP contribution in [0.4, 0.5) is 0 Å². The Morgan fingerprint density at radius 1 is 0.786 bits per heavy atom. The molecule has 14 heavy (non-hydrogen) atoms. The highest BCUT2D eigenvalue weighted by Crippen LogP contribution is 2.30. The Bertz CT molecular complexity index is 121. The molecule has 0 unspecified atom stereocenters. The average Bonchev–Trinajstić information content (AvgIpc) is 2.16. The van der Waals surface area contributed by atoms with Gasteiger partial charge in [-0.3, -0.25) is 0 Å². The minimum Gasteiger partial charge on any atom is -0.162 e. The fraction of sp³-hybridized carbons (Fsp3) is 1.00. The van der Waals surface area contributed by atoms with Crippen LogP contribution in [0.2, 0.25) is 0 Å². The number of hydrogen-bond acceptors (Lipinski definition) is 2. The molecule has 0 rings (SSSR count). The van der Waals surface area contributed by atoms with Gasteiger partial charge in [-0.05, 0) is 12.8 Å². The van der Waals surface area contributed by atoms with Gasteiger partial charge in [0, 0.05) is 0 Å². The number of unbranched alkanes of at least 4 members (excludes halogenated alkanes) is 6. The molecule has 0 aromatic rings. The highest BCUT2D eigenvalue weighted by Gasteiger charge is 2.15. The first-order chi connectivity index (χ1) is 6.62. The summed E-state index contributed by atoms with van der Waals surface area (Å²) >= 11 is 9.02. The molecule has 0 saturated carbocycles. The lowest BCUT2D eigenvalue weighted by Crippen LogP contribution is -2.10. The van der Waals surface area contributed by atoms with Crippen molar-refractivity contribution >= 4 is 25.3 Å². The van der Waals surface area contributed by atoms with E-state index in [1.54, 1.807) is 0 Å².